The van der Waals surface area contributed by atoms with E-state index in [4.69, 9.17) is 5.11 Å². The van der Waals surface area contributed by atoms with Gasteiger partial charge in [-0.3, -0.25) is 4.79 Å². The van der Waals surface area contributed by atoms with Gasteiger partial charge in [0.05, 0.1) is 18.2 Å². The number of nitrogens with one attached hydrogen (secondary N) is 1. The first-order valence-corrected chi connectivity index (χ1v) is 6.72. The van der Waals surface area contributed by atoms with Crippen molar-refractivity contribution in [3.63, 3.8) is 0 Å². The Bertz CT molecular complexity index is 456. The van der Waals surface area contributed by atoms with Gasteiger partial charge in [0, 0.05) is 16.8 Å². The van der Waals surface area contributed by atoms with Crippen molar-refractivity contribution in [1.29, 1.82) is 0 Å². The first kappa shape index (κ1) is 12.2. The van der Waals surface area contributed by atoms with Crippen LogP contribution in [0.3, 0.4) is 0 Å². The third-order valence-electron chi connectivity index (χ3n) is 2.20. The van der Waals surface area contributed by atoms with E-state index in [-0.39, 0.29) is 12.5 Å². The fourth-order valence-electron chi connectivity index (χ4n) is 1.43. The molecule has 0 spiro atoms. The summed E-state index contributed by atoms with van der Waals surface area (Å²) in [5, 5.41) is 19.8. The van der Waals surface area contributed by atoms with Crippen LogP contribution >= 0.6 is 22.9 Å². The molecule has 0 aliphatic rings. The van der Waals surface area contributed by atoms with E-state index >= 15 is 0 Å². The van der Waals surface area contributed by atoms with Gasteiger partial charge in [-0.1, -0.05) is 10.6 Å². The maximum Gasteiger partial charge on any atom is 0.305 e. The zero-order valence-electron chi connectivity index (χ0n) is 8.87. The van der Waals surface area contributed by atoms with Crippen LogP contribution in [0.5, 0.6) is 0 Å². The number of hydrogen-bond acceptors (Lipinski definition) is 6. The zero-order valence-corrected chi connectivity index (χ0v) is 10.5. The number of carboxylic acids is 1. The van der Waals surface area contributed by atoms with Crippen molar-refractivity contribution in [2.45, 2.75) is 19.0 Å². The summed E-state index contributed by atoms with van der Waals surface area (Å²) in [5.74, 6) is -0.813. The Morgan fingerprint density at radius 3 is 3.06 bits per heavy atom. The second kappa shape index (κ2) is 5.85. The van der Waals surface area contributed by atoms with Crippen LogP contribution in [0, 0.1) is 0 Å². The fraction of sp³-hybridized carbons (Fsp3) is 0.300. The normalized spacial score (nSPS) is 12.5. The lowest BCUT2D eigenvalue weighted by Crippen LogP contribution is -2.23. The number of aliphatic carboxylic acids is 1. The molecule has 2 N–H and O–H groups in total. The van der Waals surface area contributed by atoms with Gasteiger partial charge in [0.2, 0.25) is 0 Å². The minimum absolute atomic E-state index is 0.0675. The molecule has 0 saturated carbocycles. The van der Waals surface area contributed by atoms with Crippen LogP contribution in [-0.4, -0.2) is 20.7 Å². The molecule has 2 aromatic heterocycles. The molecule has 5 nitrogen and oxygen atoms in total. The maximum atomic E-state index is 10.8. The highest BCUT2D eigenvalue weighted by Crippen LogP contribution is 2.22. The predicted molar refractivity (Wildman–Crippen MR) is 66.1 cm³/mol. The third-order valence-corrected chi connectivity index (χ3v) is 3.74. The molecule has 2 heterocycles. The largest absolute Gasteiger partial charge is 0.481 e. The lowest BCUT2D eigenvalue weighted by Gasteiger charge is -2.14. The number of aromatic nitrogens is 2. The van der Waals surface area contributed by atoms with Crippen molar-refractivity contribution in [1.82, 2.24) is 14.9 Å². The highest BCUT2D eigenvalue weighted by molar-refractivity contribution is 7.10. The Hall–Kier alpha value is -1.31. The molecule has 1 atom stereocenters. The van der Waals surface area contributed by atoms with Gasteiger partial charge in [-0.05, 0) is 23.0 Å². The molecule has 90 valence electrons. The summed E-state index contributed by atoms with van der Waals surface area (Å²) in [6.45, 7) is 0.534. The number of thiophene rings is 1. The summed E-state index contributed by atoms with van der Waals surface area (Å²) < 4.78 is 3.76. The van der Waals surface area contributed by atoms with Gasteiger partial charge in [0.1, 0.15) is 0 Å². The highest BCUT2D eigenvalue weighted by atomic mass is 32.1. The Morgan fingerprint density at radius 1 is 1.59 bits per heavy atom. The number of rotatable bonds is 6. The molecular weight excluding hydrogens is 258 g/mol. The van der Waals surface area contributed by atoms with Gasteiger partial charge >= 0.3 is 5.97 Å². The van der Waals surface area contributed by atoms with Crippen LogP contribution in [0.1, 0.15) is 23.0 Å². The SMILES string of the molecule is O=C(O)CC(NCc1csnn1)c1cccs1. The first-order chi connectivity index (χ1) is 8.25. The molecule has 0 aromatic carbocycles. The van der Waals surface area contributed by atoms with Crippen molar-refractivity contribution in [2.75, 3.05) is 0 Å². The predicted octanol–water partition coefficient (Wildman–Crippen LogP) is 1.91. The molecule has 0 fully saturated rings. The second-order valence-electron chi connectivity index (χ2n) is 3.44. The topological polar surface area (TPSA) is 75.1 Å². The molecule has 2 rings (SSSR count). The summed E-state index contributed by atoms with van der Waals surface area (Å²) in [6.07, 6.45) is 0.0675. The molecule has 0 bridgehead atoms. The first-order valence-electron chi connectivity index (χ1n) is 5.00. The van der Waals surface area contributed by atoms with Crippen LogP contribution in [0.4, 0.5) is 0 Å². The van der Waals surface area contributed by atoms with Gasteiger partial charge in [-0.15, -0.1) is 16.4 Å². The summed E-state index contributed by atoms with van der Waals surface area (Å²) in [5.41, 5.74) is 0.835. The van der Waals surface area contributed by atoms with Crippen molar-refractivity contribution >= 4 is 28.8 Å². The van der Waals surface area contributed by atoms with Crippen molar-refractivity contribution in [3.8, 4) is 0 Å². The van der Waals surface area contributed by atoms with Crippen LogP contribution in [0.25, 0.3) is 0 Å². The van der Waals surface area contributed by atoms with Crippen LogP contribution in [0.15, 0.2) is 22.9 Å². The second-order valence-corrected chi connectivity index (χ2v) is 5.03. The van der Waals surface area contributed by atoms with E-state index in [2.05, 4.69) is 14.9 Å². The monoisotopic (exact) mass is 269 g/mol. The quantitative estimate of drug-likeness (QED) is 0.837. The maximum absolute atomic E-state index is 10.8. The van der Waals surface area contributed by atoms with Gasteiger partial charge in [-0.25, -0.2) is 0 Å². The molecule has 17 heavy (non-hydrogen) atoms. The Kier molecular flexibility index (Phi) is 4.18. The van der Waals surface area contributed by atoms with E-state index in [0.29, 0.717) is 6.54 Å². The number of hydrogen-bond donors (Lipinski definition) is 2. The number of carbonyl (C=O) groups is 1. The van der Waals surface area contributed by atoms with Gasteiger partial charge in [0.15, 0.2) is 0 Å². The Morgan fingerprint density at radius 2 is 2.47 bits per heavy atom. The van der Waals surface area contributed by atoms with E-state index in [1.165, 1.54) is 11.5 Å². The fourth-order valence-corrected chi connectivity index (χ4v) is 2.68. The van der Waals surface area contributed by atoms with E-state index < -0.39 is 5.97 Å². The molecular formula is C10H11N3O2S2. The minimum Gasteiger partial charge on any atom is -0.481 e. The van der Waals surface area contributed by atoms with Crippen LogP contribution < -0.4 is 5.32 Å². The molecule has 0 amide bonds. The summed E-state index contributed by atoms with van der Waals surface area (Å²) in [6, 6.07) is 3.68. The van der Waals surface area contributed by atoms with Crippen molar-refractivity contribution < 1.29 is 9.90 Å². The average molecular weight is 269 g/mol. The lowest BCUT2D eigenvalue weighted by molar-refractivity contribution is -0.137. The molecule has 1 unspecified atom stereocenters. The summed E-state index contributed by atoms with van der Waals surface area (Å²) >= 11 is 2.84. The minimum atomic E-state index is -0.813. The van der Waals surface area contributed by atoms with E-state index in [0.717, 1.165) is 10.6 Å². The molecule has 7 heteroatoms. The van der Waals surface area contributed by atoms with E-state index in [1.807, 2.05) is 22.9 Å². The van der Waals surface area contributed by atoms with Crippen LogP contribution in [0.2, 0.25) is 0 Å². The van der Waals surface area contributed by atoms with Crippen LogP contribution in [-0.2, 0) is 11.3 Å². The van der Waals surface area contributed by atoms with Gasteiger partial charge in [-0.2, -0.15) is 0 Å². The molecule has 0 radical (unpaired) electrons. The van der Waals surface area contributed by atoms with Gasteiger partial charge < -0.3 is 10.4 Å². The summed E-state index contributed by atoms with van der Waals surface area (Å²) in [4.78, 5) is 11.8. The Labute approximate surface area is 106 Å². The number of carboxylic acid groups (broad SMARTS) is 1. The van der Waals surface area contributed by atoms with E-state index in [1.54, 1.807) is 11.3 Å². The van der Waals surface area contributed by atoms with Crippen molar-refractivity contribution in [3.05, 3.63) is 33.5 Å². The molecule has 0 aliphatic heterocycles. The van der Waals surface area contributed by atoms with E-state index in [9.17, 15) is 4.79 Å². The zero-order chi connectivity index (χ0) is 12.1. The average Bonchev–Trinajstić information content (AvgIpc) is 2.96. The van der Waals surface area contributed by atoms with Crippen molar-refractivity contribution in [2.24, 2.45) is 0 Å². The molecule has 0 saturated heterocycles. The third kappa shape index (κ3) is 3.58. The lowest BCUT2D eigenvalue weighted by atomic mass is 10.1. The molecule has 2 aromatic rings. The smallest absolute Gasteiger partial charge is 0.305 e. The number of nitrogens with zero attached hydrogens (tertiary/aromatic N) is 2. The standard InChI is InChI=1S/C10H11N3O2S2/c14-10(15)4-8(9-2-1-3-16-9)11-5-7-6-17-13-12-7/h1-3,6,8,11H,4-5H2,(H,14,15). The molecule has 0 aliphatic carbocycles. The Balaban J connectivity index is 1.98. The van der Waals surface area contributed by atoms with Gasteiger partial charge in [0.25, 0.3) is 0 Å². The highest BCUT2D eigenvalue weighted by Gasteiger charge is 2.16. The summed E-state index contributed by atoms with van der Waals surface area (Å²) in [7, 11) is 0.